The van der Waals surface area contributed by atoms with Crippen LogP contribution in [0.4, 0.5) is 0 Å². The van der Waals surface area contributed by atoms with E-state index in [4.69, 9.17) is 0 Å². The second-order valence-electron chi connectivity index (χ2n) is 5.07. The van der Waals surface area contributed by atoms with Crippen LogP contribution < -0.4 is 5.32 Å². The molecular weight excluding hydrogens is 196 g/mol. The third-order valence-electron chi connectivity index (χ3n) is 3.58. The van der Waals surface area contributed by atoms with Crippen molar-refractivity contribution in [2.24, 2.45) is 0 Å². The van der Waals surface area contributed by atoms with Crippen molar-refractivity contribution in [3.8, 4) is 0 Å². The van der Waals surface area contributed by atoms with Crippen LogP contribution in [-0.4, -0.2) is 11.0 Å². The Morgan fingerprint density at radius 2 is 2.06 bits per heavy atom. The maximum absolute atomic E-state index is 3.57. The third kappa shape index (κ3) is 1.37. The summed E-state index contributed by atoms with van der Waals surface area (Å²) in [7, 11) is 0. The van der Waals surface area contributed by atoms with Crippen LogP contribution in [0.1, 0.15) is 29.3 Å². The van der Waals surface area contributed by atoms with Gasteiger partial charge < -0.3 is 10.3 Å². The van der Waals surface area contributed by atoms with Crippen molar-refractivity contribution in [3.05, 3.63) is 34.5 Å². The van der Waals surface area contributed by atoms with Gasteiger partial charge in [-0.25, -0.2) is 0 Å². The summed E-state index contributed by atoms with van der Waals surface area (Å²) in [5, 5.41) is 4.93. The van der Waals surface area contributed by atoms with Gasteiger partial charge in [0.15, 0.2) is 0 Å². The van der Waals surface area contributed by atoms with E-state index in [2.05, 4.69) is 43.2 Å². The van der Waals surface area contributed by atoms with Gasteiger partial charge in [-0.1, -0.05) is 11.6 Å². The van der Waals surface area contributed by atoms with Crippen LogP contribution in [0.15, 0.2) is 12.1 Å². The molecule has 1 aromatic carbocycles. The number of hydrogen-bond donors (Lipinski definition) is 2. The SMILES string of the molecule is Cc1cc(C)c2[nH]c3c(c2c1)CC(C)NC3. The van der Waals surface area contributed by atoms with Gasteiger partial charge in [0.2, 0.25) is 0 Å². The highest BCUT2D eigenvalue weighted by Gasteiger charge is 2.19. The molecule has 16 heavy (non-hydrogen) atoms. The minimum Gasteiger partial charge on any atom is -0.357 e. The van der Waals surface area contributed by atoms with E-state index in [0.29, 0.717) is 6.04 Å². The number of nitrogens with one attached hydrogen (secondary N) is 2. The Hall–Kier alpha value is -1.28. The molecular formula is C14H18N2. The summed E-state index contributed by atoms with van der Waals surface area (Å²) in [6, 6.07) is 5.16. The number of fused-ring (bicyclic) bond motifs is 3. The number of rotatable bonds is 0. The van der Waals surface area contributed by atoms with Gasteiger partial charge >= 0.3 is 0 Å². The Bertz CT molecular complexity index is 551. The molecule has 2 N–H and O–H groups in total. The lowest BCUT2D eigenvalue weighted by atomic mass is 9.98. The van der Waals surface area contributed by atoms with Crippen LogP contribution in [0, 0.1) is 13.8 Å². The molecule has 0 saturated heterocycles. The molecule has 0 radical (unpaired) electrons. The minimum atomic E-state index is 0.590. The van der Waals surface area contributed by atoms with Crippen molar-refractivity contribution in [1.29, 1.82) is 0 Å². The molecule has 1 aliphatic rings. The topological polar surface area (TPSA) is 27.8 Å². The summed E-state index contributed by atoms with van der Waals surface area (Å²) in [6.07, 6.45) is 1.14. The zero-order valence-corrected chi connectivity index (χ0v) is 10.1. The second kappa shape index (κ2) is 3.36. The van der Waals surface area contributed by atoms with E-state index >= 15 is 0 Å². The van der Waals surface area contributed by atoms with Gasteiger partial charge in [-0.3, -0.25) is 0 Å². The maximum atomic E-state index is 3.57. The monoisotopic (exact) mass is 214 g/mol. The zero-order valence-electron chi connectivity index (χ0n) is 10.1. The summed E-state index contributed by atoms with van der Waals surface area (Å²) in [5.74, 6) is 0. The van der Waals surface area contributed by atoms with Crippen molar-refractivity contribution >= 4 is 10.9 Å². The quantitative estimate of drug-likeness (QED) is 0.693. The number of aromatic nitrogens is 1. The van der Waals surface area contributed by atoms with E-state index in [-0.39, 0.29) is 0 Å². The molecule has 3 rings (SSSR count). The highest BCUT2D eigenvalue weighted by atomic mass is 14.9. The van der Waals surface area contributed by atoms with Gasteiger partial charge in [0, 0.05) is 29.2 Å². The van der Waals surface area contributed by atoms with Crippen molar-refractivity contribution in [2.45, 2.75) is 39.8 Å². The normalized spacial score (nSPS) is 20.1. The summed E-state index contributed by atoms with van der Waals surface area (Å²) in [5.41, 5.74) is 6.94. The zero-order chi connectivity index (χ0) is 11.3. The van der Waals surface area contributed by atoms with E-state index in [9.17, 15) is 0 Å². The molecule has 1 unspecified atom stereocenters. The van der Waals surface area contributed by atoms with Crippen molar-refractivity contribution < 1.29 is 0 Å². The molecule has 2 heteroatoms. The Labute approximate surface area is 96.1 Å². The molecule has 1 aliphatic heterocycles. The average Bonchev–Trinajstić information content (AvgIpc) is 2.57. The first-order chi connectivity index (χ1) is 7.65. The Balaban J connectivity index is 2.30. The predicted molar refractivity (Wildman–Crippen MR) is 67.8 cm³/mol. The molecule has 2 nitrogen and oxygen atoms in total. The first-order valence-electron chi connectivity index (χ1n) is 5.99. The van der Waals surface area contributed by atoms with E-state index in [1.165, 1.54) is 33.3 Å². The maximum Gasteiger partial charge on any atom is 0.0489 e. The van der Waals surface area contributed by atoms with E-state index in [0.717, 1.165) is 13.0 Å². The van der Waals surface area contributed by atoms with Crippen LogP contribution in [0.25, 0.3) is 10.9 Å². The average molecular weight is 214 g/mol. The summed E-state index contributed by atoms with van der Waals surface area (Å²) in [4.78, 5) is 3.57. The van der Waals surface area contributed by atoms with Crippen molar-refractivity contribution in [1.82, 2.24) is 10.3 Å². The fraction of sp³-hybridized carbons (Fsp3) is 0.429. The first-order valence-corrected chi connectivity index (χ1v) is 5.99. The third-order valence-corrected chi connectivity index (χ3v) is 3.58. The van der Waals surface area contributed by atoms with E-state index in [1.54, 1.807) is 0 Å². The number of aromatic amines is 1. The van der Waals surface area contributed by atoms with Gasteiger partial charge in [0.1, 0.15) is 0 Å². The largest absolute Gasteiger partial charge is 0.357 e. The molecule has 0 fully saturated rings. The number of hydrogen-bond acceptors (Lipinski definition) is 1. The van der Waals surface area contributed by atoms with Crippen LogP contribution >= 0.6 is 0 Å². The molecule has 0 aliphatic carbocycles. The van der Waals surface area contributed by atoms with Crippen LogP contribution in [0.5, 0.6) is 0 Å². The van der Waals surface area contributed by atoms with Crippen molar-refractivity contribution in [2.75, 3.05) is 0 Å². The van der Waals surface area contributed by atoms with Gasteiger partial charge in [0.05, 0.1) is 0 Å². The molecule has 84 valence electrons. The summed E-state index contributed by atoms with van der Waals surface area (Å²) in [6.45, 7) is 7.60. The highest BCUT2D eigenvalue weighted by molar-refractivity contribution is 5.88. The summed E-state index contributed by atoms with van der Waals surface area (Å²) < 4.78 is 0. The fourth-order valence-corrected chi connectivity index (χ4v) is 2.80. The number of H-pyrrole nitrogens is 1. The predicted octanol–water partition coefficient (Wildman–Crippen LogP) is 2.82. The summed E-state index contributed by atoms with van der Waals surface area (Å²) >= 11 is 0. The molecule has 2 aromatic rings. The molecule has 1 atom stereocenters. The van der Waals surface area contributed by atoms with Crippen LogP contribution in [0.2, 0.25) is 0 Å². The number of aryl methyl sites for hydroxylation is 2. The fourth-order valence-electron chi connectivity index (χ4n) is 2.80. The Morgan fingerprint density at radius 3 is 2.88 bits per heavy atom. The van der Waals surface area contributed by atoms with Crippen molar-refractivity contribution in [3.63, 3.8) is 0 Å². The Morgan fingerprint density at radius 1 is 1.25 bits per heavy atom. The molecule has 0 bridgehead atoms. The standard InChI is InChI=1S/C14H18N2/c1-8-4-9(2)14-12(5-8)11-6-10(3)15-7-13(11)16-14/h4-5,10,15-16H,6-7H2,1-3H3. The van der Waals surface area contributed by atoms with Crippen LogP contribution in [0.3, 0.4) is 0 Å². The molecule has 1 aromatic heterocycles. The molecule has 0 spiro atoms. The smallest absolute Gasteiger partial charge is 0.0489 e. The number of benzene rings is 1. The van der Waals surface area contributed by atoms with Gasteiger partial charge in [-0.2, -0.15) is 0 Å². The lowest BCUT2D eigenvalue weighted by molar-refractivity contribution is 0.511. The van der Waals surface area contributed by atoms with E-state index < -0.39 is 0 Å². The second-order valence-corrected chi connectivity index (χ2v) is 5.07. The molecule has 0 saturated carbocycles. The minimum absolute atomic E-state index is 0.590. The highest BCUT2D eigenvalue weighted by Crippen LogP contribution is 2.29. The van der Waals surface area contributed by atoms with Gasteiger partial charge in [-0.05, 0) is 44.4 Å². The van der Waals surface area contributed by atoms with Gasteiger partial charge in [-0.15, -0.1) is 0 Å². The Kier molecular flexibility index (Phi) is 2.08. The molecule has 0 amide bonds. The van der Waals surface area contributed by atoms with Gasteiger partial charge in [0.25, 0.3) is 0 Å². The lowest BCUT2D eigenvalue weighted by Crippen LogP contribution is -2.32. The first kappa shape index (κ1) is 9.91. The van der Waals surface area contributed by atoms with Crippen LogP contribution in [-0.2, 0) is 13.0 Å². The lowest BCUT2D eigenvalue weighted by Gasteiger charge is -2.20. The van der Waals surface area contributed by atoms with E-state index in [1.807, 2.05) is 0 Å². The molecule has 2 heterocycles.